The van der Waals surface area contributed by atoms with Crippen LogP contribution in [0.25, 0.3) is 0 Å². The van der Waals surface area contributed by atoms with Crippen LogP contribution in [0.2, 0.25) is 0 Å². The smallest absolute Gasteiger partial charge is 0.407 e. The Bertz CT molecular complexity index is 1590. The number of carboxylic acid groups (broad SMARTS) is 1. The lowest BCUT2D eigenvalue weighted by molar-refractivity contribution is -0.273. The van der Waals surface area contributed by atoms with Crippen LogP contribution in [0.1, 0.15) is 64.9 Å². The number of aliphatic hydroxyl groups is 1. The van der Waals surface area contributed by atoms with Crippen LogP contribution in [0.3, 0.4) is 0 Å². The first kappa shape index (κ1) is 39.6. The normalized spacial score (nSPS) is 20.8. The lowest BCUT2D eigenvalue weighted by Gasteiger charge is -2.43. The third-order valence-electron chi connectivity index (χ3n) is 9.88. The highest BCUT2D eigenvalue weighted by Gasteiger charge is 2.47. The van der Waals surface area contributed by atoms with Crippen molar-refractivity contribution in [2.24, 2.45) is 11.3 Å². The van der Waals surface area contributed by atoms with Gasteiger partial charge in [-0.15, -0.1) is 0 Å². The second-order valence-electron chi connectivity index (χ2n) is 14.4. The van der Waals surface area contributed by atoms with Gasteiger partial charge in [0.1, 0.15) is 6.09 Å². The fourth-order valence-corrected chi connectivity index (χ4v) is 8.85. The average Bonchev–Trinajstić information content (AvgIpc) is 3.87. The average molecular weight is 747 g/mol. The van der Waals surface area contributed by atoms with Crippen LogP contribution >= 0.6 is 0 Å². The molecule has 5 rings (SSSR count). The van der Waals surface area contributed by atoms with Crippen molar-refractivity contribution in [3.05, 3.63) is 54.1 Å². The Kier molecular flexibility index (Phi) is 13.6. The van der Waals surface area contributed by atoms with Gasteiger partial charge in [-0.05, 0) is 55.2 Å². The number of hydrogen-bond donors (Lipinski definition) is 2. The van der Waals surface area contributed by atoms with Crippen molar-refractivity contribution in [1.82, 2.24) is 14.5 Å². The van der Waals surface area contributed by atoms with Gasteiger partial charge in [-0.1, -0.05) is 63.9 Å². The Labute approximate surface area is 306 Å². The Balaban J connectivity index is 1.37. The predicted molar refractivity (Wildman–Crippen MR) is 188 cm³/mol. The first-order valence-electron chi connectivity index (χ1n) is 18.1. The summed E-state index contributed by atoms with van der Waals surface area (Å²) in [4.78, 5) is 25.8. The molecule has 0 aromatic heterocycles. The highest BCUT2D eigenvalue weighted by molar-refractivity contribution is 7.89. The van der Waals surface area contributed by atoms with Crippen molar-refractivity contribution in [1.29, 1.82) is 0 Å². The summed E-state index contributed by atoms with van der Waals surface area (Å²) >= 11 is 0. The van der Waals surface area contributed by atoms with Gasteiger partial charge in [0.25, 0.3) is 0 Å². The minimum Gasteiger partial charge on any atom is -0.530 e. The summed E-state index contributed by atoms with van der Waals surface area (Å²) < 4.78 is 57.6. The predicted octanol–water partition coefficient (Wildman–Crippen LogP) is 3.51. The number of benzene rings is 2. The van der Waals surface area contributed by atoms with Crippen LogP contribution in [-0.4, -0.2) is 106 Å². The number of ether oxygens (including phenoxy) is 5. The van der Waals surface area contributed by atoms with Crippen molar-refractivity contribution in [3.63, 3.8) is 0 Å². The zero-order valence-electron chi connectivity index (χ0n) is 30.2. The highest BCUT2D eigenvalue weighted by atomic mass is 32.2. The van der Waals surface area contributed by atoms with Crippen molar-refractivity contribution in [3.8, 4) is 11.5 Å². The summed E-state index contributed by atoms with van der Waals surface area (Å²) in [6, 6.07) is 11.9. The molecule has 3 aliphatic heterocycles. The summed E-state index contributed by atoms with van der Waals surface area (Å²) in [6.07, 6.45) is 0.486. The number of rotatable bonds is 19. The number of amides is 2. The first-order valence-corrected chi connectivity index (χ1v) is 19.6. The van der Waals surface area contributed by atoms with E-state index in [4.69, 9.17) is 23.7 Å². The van der Waals surface area contributed by atoms with E-state index in [0.29, 0.717) is 44.1 Å². The number of carbonyl (C=O) groups excluding carboxylic acids is 2. The third-order valence-corrected chi connectivity index (χ3v) is 11.7. The topological polar surface area (TPSA) is 176 Å². The number of alkyl carbamates (subject to hydrolysis) is 1. The molecule has 0 aliphatic carbocycles. The summed E-state index contributed by atoms with van der Waals surface area (Å²) in [6.45, 7) is 6.82. The zero-order valence-corrected chi connectivity index (χ0v) is 31.1. The Hall–Kier alpha value is -3.63. The molecule has 0 radical (unpaired) electrons. The van der Waals surface area contributed by atoms with E-state index >= 15 is 0 Å². The van der Waals surface area contributed by atoms with Crippen molar-refractivity contribution >= 4 is 22.2 Å². The van der Waals surface area contributed by atoms with E-state index in [1.165, 1.54) is 22.5 Å². The van der Waals surface area contributed by atoms with E-state index in [2.05, 4.69) is 5.32 Å². The first-order chi connectivity index (χ1) is 24.9. The van der Waals surface area contributed by atoms with E-state index in [1.807, 2.05) is 51.1 Å². The van der Waals surface area contributed by atoms with E-state index in [0.717, 1.165) is 36.1 Å². The number of aliphatic hydroxyl groups excluding tert-OH is 1. The second-order valence-corrected chi connectivity index (χ2v) is 16.4. The fraction of sp³-hybridized carbons (Fsp3) is 0.622. The molecule has 2 amide bonds. The largest absolute Gasteiger partial charge is 0.530 e. The minimum atomic E-state index is -4.24. The molecule has 2 fully saturated rings. The van der Waals surface area contributed by atoms with Crippen LogP contribution in [0.15, 0.2) is 53.4 Å². The van der Waals surface area contributed by atoms with Crippen LogP contribution in [0, 0.1) is 11.3 Å². The minimum absolute atomic E-state index is 0.0261. The highest BCUT2D eigenvalue weighted by Crippen LogP contribution is 2.38. The lowest BCUT2D eigenvalue weighted by Crippen LogP contribution is -2.61. The van der Waals surface area contributed by atoms with Gasteiger partial charge in [-0.25, -0.2) is 13.2 Å². The number of sulfonamides is 1. The molecule has 0 saturated carbocycles. The van der Waals surface area contributed by atoms with Gasteiger partial charge in [0, 0.05) is 31.6 Å². The monoisotopic (exact) mass is 746 g/mol. The van der Waals surface area contributed by atoms with Crippen molar-refractivity contribution in [2.45, 2.75) is 95.1 Å². The maximum atomic E-state index is 14.5. The van der Waals surface area contributed by atoms with Gasteiger partial charge >= 0.3 is 6.09 Å². The number of hydrogen-bond acceptors (Lipinski definition) is 11. The molecule has 2 aromatic carbocycles. The maximum absolute atomic E-state index is 14.5. The molecule has 3 aliphatic rings. The summed E-state index contributed by atoms with van der Waals surface area (Å²) in [5.41, 5.74) is 0.224. The molecule has 14 nitrogen and oxygen atoms in total. The van der Waals surface area contributed by atoms with Crippen LogP contribution in [0.4, 0.5) is 9.59 Å². The van der Waals surface area contributed by atoms with Gasteiger partial charge < -0.3 is 48.9 Å². The van der Waals surface area contributed by atoms with Crippen LogP contribution in [0.5, 0.6) is 11.5 Å². The van der Waals surface area contributed by atoms with Crippen LogP contribution < -0.4 is 19.9 Å². The number of nitrogens with zero attached hydrogens (tertiary/aromatic N) is 2. The van der Waals surface area contributed by atoms with Crippen molar-refractivity contribution in [2.75, 3.05) is 46.2 Å². The molecule has 0 bridgehead atoms. The van der Waals surface area contributed by atoms with E-state index in [1.54, 1.807) is 0 Å². The molecular weight excluding hydrogens is 694 g/mol. The molecule has 0 spiro atoms. The Morgan fingerprint density at radius 1 is 1.08 bits per heavy atom. The molecular formula is C37H52N3O11S-. The molecule has 288 valence electrons. The number of nitrogens with one attached hydrogen (secondary N) is 1. The molecule has 2 saturated heterocycles. The number of carbonyl (C=O) groups is 2. The molecule has 0 unspecified atom stereocenters. The molecule has 3 heterocycles. The fourth-order valence-electron chi connectivity index (χ4n) is 7.18. The summed E-state index contributed by atoms with van der Waals surface area (Å²) in [5, 5.41) is 27.8. The summed E-state index contributed by atoms with van der Waals surface area (Å²) in [7, 11) is -4.24. The summed E-state index contributed by atoms with van der Waals surface area (Å²) in [5.74, 6) is 0.486. The quantitative estimate of drug-likeness (QED) is 0.201. The standard InChI is InChI=1S/C37H53N3O11S/c1-4-18-48-35(42)38-17-10-6-9-16-37(2,3)24-39(52(45,46)27-13-14-32-33(21-27)51-25-50-32)22-31(41)29(20-26-11-7-5-8-12-26)40(36(43)44)30-23-49-34-28(30)15-19-47-34/h5,7-8,11-14,21,28-31,34,41H,4,6,9-10,15-20,22-25H2,1-3H3,(H,38,42)(H,43,44)/p-1/t28-,29-,30-,31+,34+/m0/s1. The maximum Gasteiger partial charge on any atom is 0.407 e. The molecule has 52 heavy (non-hydrogen) atoms. The van der Waals surface area contributed by atoms with Crippen molar-refractivity contribution < 1.29 is 51.9 Å². The van der Waals surface area contributed by atoms with Gasteiger partial charge in [0.15, 0.2) is 17.8 Å². The van der Waals surface area contributed by atoms with Crippen LogP contribution in [-0.2, 0) is 30.7 Å². The van der Waals surface area contributed by atoms with Gasteiger partial charge in [0.05, 0.1) is 42.9 Å². The van der Waals surface area contributed by atoms with Gasteiger partial charge in [0.2, 0.25) is 16.8 Å². The third kappa shape index (κ3) is 10.1. The molecule has 2 N–H and O–H groups in total. The molecule has 5 atom stereocenters. The zero-order chi connectivity index (χ0) is 37.3. The SMILES string of the molecule is CCCOC(=O)NCCCCCC(C)(C)CN(C[C@@H](O)[C@H](Cc1ccccc1)N(C(=O)[O-])[C@H]1CO[C@H]2OCC[C@H]21)S(=O)(=O)c1ccc2c(c1)OCO2. The van der Waals surface area contributed by atoms with E-state index in [9.17, 15) is 28.2 Å². The van der Waals surface area contributed by atoms with E-state index in [-0.39, 0.29) is 43.7 Å². The van der Waals surface area contributed by atoms with E-state index < -0.39 is 52.1 Å². The number of fused-ring (bicyclic) bond motifs is 2. The van der Waals surface area contributed by atoms with Gasteiger partial charge in [-0.2, -0.15) is 4.31 Å². The lowest BCUT2D eigenvalue weighted by atomic mass is 9.86. The number of unbranched alkanes of at least 4 members (excludes halogenated alkanes) is 2. The molecule has 15 heteroatoms. The Morgan fingerprint density at radius 3 is 2.60 bits per heavy atom. The van der Waals surface area contributed by atoms with Gasteiger partial charge in [-0.3, -0.25) is 0 Å². The Morgan fingerprint density at radius 2 is 1.85 bits per heavy atom. The molecule has 2 aromatic rings. The second kappa shape index (κ2) is 17.9.